The number of hydrogen-bond acceptors (Lipinski definition) is 5. The summed E-state index contributed by atoms with van der Waals surface area (Å²) >= 11 is 6.39. The Bertz CT molecular complexity index is 592. The zero-order chi connectivity index (χ0) is 17.6. The summed E-state index contributed by atoms with van der Waals surface area (Å²) < 4.78 is 11.1. The molecule has 1 aromatic carbocycles. The summed E-state index contributed by atoms with van der Waals surface area (Å²) in [6, 6.07) is 5.21. The molecule has 0 spiro atoms. The van der Waals surface area contributed by atoms with E-state index in [0.29, 0.717) is 30.2 Å². The predicted octanol–water partition coefficient (Wildman–Crippen LogP) is 1.84. The van der Waals surface area contributed by atoms with Crippen molar-refractivity contribution in [2.75, 3.05) is 44.4 Å². The van der Waals surface area contributed by atoms with Gasteiger partial charge in [-0.15, -0.1) is 0 Å². The molecule has 0 aromatic heterocycles. The number of amides is 1. The Morgan fingerprint density at radius 1 is 1.40 bits per heavy atom. The molecular weight excluding hydrogens is 344 g/mol. The highest BCUT2D eigenvalue weighted by molar-refractivity contribution is 6.33. The Hall–Kier alpha value is -1.34. The van der Waals surface area contributed by atoms with E-state index in [1.54, 1.807) is 6.07 Å². The molecule has 2 heterocycles. The Morgan fingerprint density at radius 3 is 2.92 bits per heavy atom. The summed E-state index contributed by atoms with van der Waals surface area (Å²) in [5.74, 6) is -0.192. The van der Waals surface area contributed by atoms with Crippen LogP contribution in [0.5, 0.6) is 0 Å². The molecule has 0 bridgehead atoms. The minimum absolute atomic E-state index is 0.0361. The third-order valence-corrected chi connectivity index (χ3v) is 4.99. The van der Waals surface area contributed by atoms with Crippen molar-refractivity contribution in [3.8, 4) is 0 Å². The number of nitrogens with zero attached hydrogens (tertiary/aromatic N) is 1. The number of benzene rings is 1. The van der Waals surface area contributed by atoms with E-state index in [4.69, 9.17) is 26.2 Å². The zero-order valence-electron chi connectivity index (χ0n) is 14.2. The van der Waals surface area contributed by atoms with Gasteiger partial charge in [0, 0.05) is 25.3 Å². The number of ether oxygens (including phenoxy) is 2. The van der Waals surface area contributed by atoms with E-state index in [1.807, 2.05) is 12.1 Å². The number of rotatable bonds is 6. The van der Waals surface area contributed by atoms with Crippen molar-refractivity contribution in [3.63, 3.8) is 0 Å². The predicted molar refractivity (Wildman–Crippen MR) is 96.4 cm³/mol. The van der Waals surface area contributed by atoms with Crippen LogP contribution in [0.3, 0.4) is 0 Å². The first-order valence-corrected chi connectivity index (χ1v) is 9.22. The third-order valence-electron chi connectivity index (χ3n) is 4.69. The van der Waals surface area contributed by atoms with Gasteiger partial charge in [-0.3, -0.25) is 4.79 Å². The average Bonchev–Trinajstić information content (AvgIpc) is 3.15. The van der Waals surface area contributed by atoms with Crippen LogP contribution in [-0.2, 0) is 9.47 Å². The molecule has 2 fully saturated rings. The molecular formula is C18H25ClN2O4. The van der Waals surface area contributed by atoms with Crippen molar-refractivity contribution in [1.29, 1.82) is 0 Å². The lowest BCUT2D eigenvalue weighted by Crippen LogP contribution is -2.50. The van der Waals surface area contributed by atoms with E-state index < -0.39 is 0 Å². The third kappa shape index (κ3) is 4.64. The molecule has 1 aromatic rings. The lowest BCUT2D eigenvalue weighted by atomic mass is 10.1. The second-order valence-electron chi connectivity index (χ2n) is 6.44. The van der Waals surface area contributed by atoms with E-state index in [9.17, 15) is 4.79 Å². The second kappa shape index (κ2) is 8.85. The number of hydrogen-bond donors (Lipinski definition) is 2. The maximum Gasteiger partial charge on any atom is 0.251 e. The fourth-order valence-electron chi connectivity index (χ4n) is 3.37. The molecule has 0 unspecified atom stereocenters. The van der Waals surface area contributed by atoms with Crippen molar-refractivity contribution in [2.45, 2.75) is 31.4 Å². The van der Waals surface area contributed by atoms with Gasteiger partial charge in [-0.25, -0.2) is 0 Å². The summed E-state index contributed by atoms with van der Waals surface area (Å²) in [5, 5.41) is 12.5. The van der Waals surface area contributed by atoms with Crippen LogP contribution in [-0.4, -0.2) is 62.7 Å². The number of aliphatic hydroxyl groups excluding tert-OH is 1. The molecule has 0 aliphatic carbocycles. The molecule has 2 N–H and O–H groups in total. The van der Waals surface area contributed by atoms with Gasteiger partial charge >= 0.3 is 0 Å². The number of carbonyl (C=O) groups excluding carboxylic acids is 1. The molecule has 7 heteroatoms. The van der Waals surface area contributed by atoms with Gasteiger partial charge in [-0.2, -0.15) is 0 Å². The van der Waals surface area contributed by atoms with Gasteiger partial charge in [0.15, 0.2) is 0 Å². The van der Waals surface area contributed by atoms with Crippen molar-refractivity contribution in [3.05, 3.63) is 28.8 Å². The van der Waals surface area contributed by atoms with Gasteiger partial charge in [0.25, 0.3) is 5.91 Å². The molecule has 0 radical (unpaired) electrons. The average molecular weight is 369 g/mol. The van der Waals surface area contributed by atoms with Crippen LogP contribution in [0.1, 0.15) is 29.6 Å². The molecule has 3 rings (SSSR count). The van der Waals surface area contributed by atoms with Gasteiger partial charge < -0.3 is 24.8 Å². The molecule has 1 amide bonds. The monoisotopic (exact) mass is 368 g/mol. The van der Waals surface area contributed by atoms with Crippen molar-refractivity contribution in [1.82, 2.24) is 5.32 Å². The fraction of sp³-hybridized carbons (Fsp3) is 0.611. The molecule has 138 valence electrons. The minimum Gasteiger partial charge on any atom is -0.394 e. The van der Waals surface area contributed by atoms with Crippen molar-refractivity contribution in [2.24, 2.45) is 0 Å². The highest BCUT2D eigenvalue weighted by Gasteiger charge is 2.28. The summed E-state index contributed by atoms with van der Waals surface area (Å²) in [6.07, 6.45) is 2.90. The van der Waals surface area contributed by atoms with Crippen LogP contribution in [0.15, 0.2) is 18.2 Å². The number of aliphatic hydroxyl groups is 1. The zero-order valence-corrected chi connectivity index (χ0v) is 15.0. The number of halogens is 1. The maximum absolute atomic E-state index is 12.6. The van der Waals surface area contributed by atoms with Crippen molar-refractivity contribution < 1.29 is 19.4 Å². The molecule has 25 heavy (non-hydrogen) atoms. The number of anilines is 1. The van der Waals surface area contributed by atoms with Gasteiger partial charge in [0.2, 0.25) is 0 Å². The highest BCUT2D eigenvalue weighted by Crippen LogP contribution is 2.29. The van der Waals surface area contributed by atoms with Crippen LogP contribution in [0.25, 0.3) is 0 Å². The van der Waals surface area contributed by atoms with E-state index in [0.717, 1.165) is 18.8 Å². The lowest BCUT2D eigenvalue weighted by Gasteiger charge is -2.32. The normalized spacial score (nSPS) is 23.7. The first-order valence-electron chi connectivity index (χ1n) is 8.84. The van der Waals surface area contributed by atoms with Crippen LogP contribution >= 0.6 is 11.6 Å². The molecule has 2 aliphatic rings. The molecule has 6 nitrogen and oxygen atoms in total. The lowest BCUT2D eigenvalue weighted by molar-refractivity contribution is -0.0612. The Balaban J connectivity index is 1.64. The number of carbonyl (C=O) groups is 1. The fourth-order valence-corrected chi connectivity index (χ4v) is 3.67. The van der Waals surface area contributed by atoms with Crippen molar-refractivity contribution >= 4 is 23.2 Å². The second-order valence-corrected chi connectivity index (χ2v) is 6.84. The van der Waals surface area contributed by atoms with Gasteiger partial charge in [-0.05, 0) is 37.5 Å². The van der Waals surface area contributed by atoms with Gasteiger partial charge in [0.05, 0.1) is 42.7 Å². The largest absolute Gasteiger partial charge is 0.394 e. The summed E-state index contributed by atoms with van der Waals surface area (Å²) in [4.78, 5) is 14.8. The van der Waals surface area contributed by atoms with Crippen LogP contribution in [0.4, 0.5) is 5.69 Å². The van der Waals surface area contributed by atoms with E-state index in [1.165, 1.54) is 12.8 Å². The molecule has 0 saturated carbocycles. The van der Waals surface area contributed by atoms with Gasteiger partial charge in [-0.1, -0.05) is 11.6 Å². The topological polar surface area (TPSA) is 71.0 Å². The van der Waals surface area contributed by atoms with E-state index in [-0.39, 0.29) is 31.3 Å². The Labute approximate surface area is 153 Å². The Kier molecular flexibility index (Phi) is 6.53. The standard InChI is InChI=1S/C18H25ClN2O4/c19-14-11-13(3-4-16(14)21-6-1-2-7-21)18(23)20-15-12-24-9-5-17(15)25-10-8-22/h3-4,11,15,17,22H,1-2,5-10,12H2,(H,20,23)/t15-,17+/m0/s1. The maximum atomic E-state index is 12.6. The quantitative estimate of drug-likeness (QED) is 0.801. The molecule has 2 atom stereocenters. The smallest absolute Gasteiger partial charge is 0.251 e. The summed E-state index contributed by atoms with van der Waals surface area (Å²) in [7, 11) is 0. The first-order chi connectivity index (χ1) is 12.2. The summed E-state index contributed by atoms with van der Waals surface area (Å²) in [5.41, 5.74) is 1.51. The molecule has 2 aliphatic heterocycles. The van der Waals surface area contributed by atoms with Gasteiger partial charge in [0.1, 0.15) is 0 Å². The summed E-state index contributed by atoms with van der Waals surface area (Å²) in [6.45, 7) is 3.24. The van der Waals surface area contributed by atoms with Crippen LogP contribution < -0.4 is 10.2 Å². The highest BCUT2D eigenvalue weighted by atomic mass is 35.5. The van der Waals surface area contributed by atoms with Crippen LogP contribution in [0.2, 0.25) is 5.02 Å². The number of nitrogens with one attached hydrogen (secondary N) is 1. The molecule has 2 saturated heterocycles. The van der Waals surface area contributed by atoms with Crippen LogP contribution in [0, 0.1) is 0 Å². The van der Waals surface area contributed by atoms with E-state index in [2.05, 4.69) is 10.2 Å². The first kappa shape index (κ1) is 18.5. The SMILES string of the molecule is O=C(N[C@H]1COCC[C@H]1OCCO)c1ccc(N2CCCC2)c(Cl)c1. The Morgan fingerprint density at radius 2 is 2.20 bits per heavy atom. The minimum atomic E-state index is -0.232. The van der Waals surface area contributed by atoms with E-state index >= 15 is 0 Å².